The van der Waals surface area contributed by atoms with Crippen LogP contribution in [-0.2, 0) is 23.9 Å². The summed E-state index contributed by atoms with van der Waals surface area (Å²) in [4.78, 5) is 58.8. The largest absolute Gasteiger partial charge is 0.507 e. The number of ketones is 2. The summed E-state index contributed by atoms with van der Waals surface area (Å²) >= 11 is 0. The van der Waals surface area contributed by atoms with Gasteiger partial charge in [-0.3, -0.25) is 24.1 Å². The molecule has 0 spiro atoms. The fourth-order valence-electron chi connectivity index (χ4n) is 7.75. The van der Waals surface area contributed by atoms with E-state index in [9.17, 15) is 24.3 Å². The molecule has 4 atom stereocenters. The Morgan fingerprint density at radius 2 is 1.62 bits per heavy atom. The topological polar surface area (TPSA) is 123 Å². The predicted octanol–water partition coefficient (Wildman–Crippen LogP) is 3.88. The summed E-state index contributed by atoms with van der Waals surface area (Å²) in [5.74, 6) is -3.40. The Morgan fingerprint density at radius 3 is 2.31 bits per heavy atom. The molecule has 2 aromatic carbocycles. The standard InChI is InChI=1S/C35H34N2O8/c1-18-14-26(38)25-17-24-22(30(31(25)33(18)40)32-27(39)15-21(43-2)16-28(32)44-3)8-9-23-29(24)35(42)37(34(23)41)20-6-4-19(5-7-20)36-10-12-45-13-11-36/h4-8,14-16,23-24,29-30,39H,9-13,17H2,1-3H3/t23-,24+,29-,30-/m0/s1. The SMILES string of the molecule is COc1cc(O)c([C@H]2C3=CC[C@@H]4C(=O)N(c5ccc(N6CCOCC6)cc5)C(=O)[C@@H]4[C@@H]3CC3=C2C(=O)C(C)=CC3=O)c(OC)c1. The van der Waals surface area contributed by atoms with Gasteiger partial charge < -0.3 is 24.2 Å². The third-order valence-electron chi connectivity index (χ3n) is 9.89. The zero-order valence-electron chi connectivity index (χ0n) is 25.4. The minimum atomic E-state index is -0.842. The first kappa shape index (κ1) is 29.0. The zero-order valence-corrected chi connectivity index (χ0v) is 25.4. The number of methoxy groups -OCH3 is 2. The lowest BCUT2D eigenvalue weighted by Crippen LogP contribution is -2.40. The van der Waals surface area contributed by atoms with Crippen molar-refractivity contribution in [1.29, 1.82) is 0 Å². The summed E-state index contributed by atoms with van der Waals surface area (Å²) in [5.41, 5.74) is 3.45. The van der Waals surface area contributed by atoms with Gasteiger partial charge in [0.15, 0.2) is 11.6 Å². The number of anilines is 2. The van der Waals surface area contributed by atoms with Crippen molar-refractivity contribution in [3.05, 3.63) is 76.4 Å². The molecule has 7 rings (SSSR count). The maximum absolute atomic E-state index is 14.2. The van der Waals surface area contributed by atoms with Gasteiger partial charge in [0.2, 0.25) is 11.8 Å². The van der Waals surface area contributed by atoms with Gasteiger partial charge in [-0.25, -0.2) is 0 Å². The summed E-state index contributed by atoms with van der Waals surface area (Å²) in [7, 11) is 2.93. The van der Waals surface area contributed by atoms with Crippen LogP contribution in [0.5, 0.6) is 17.2 Å². The molecule has 0 bridgehead atoms. The average Bonchev–Trinajstić information content (AvgIpc) is 3.32. The van der Waals surface area contributed by atoms with Gasteiger partial charge >= 0.3 is 0 Å². The van der Waals surface area contributed by atoms with Crippen molar-refractivity contribution in [3.63, 3.8) is 0 Å². The van der Waals surface area contributed by atoms with Crippen LogP contribution >= 0.6 is 0 Å². The molecular weight excluding hydrogens is 576 g/mol. The monoisotopic (exact) mass is 610 g/mol. The summed E-state index contributed by atoms with van der Waals surface area (Å²) < 4.78 is 16.5. The van der Waals surface area contributed by atoms with Gasteiger partial charge in [0.25, 0.3) is 0 Å². The number of morpholine rings is 1. The number of rotatable bonds is 5. The van der Waals surface area contributed by atoms with Crippen LogP contribution in [0.4, 0.5) is 11.4 Å². The third-order valence-corrected chi connectivity index (χ3v) is 9.89. The fourth-order valence-corrected chi connectivity index (χ4v) is 7.75. The molecule has 0 unspecified atom stereocenters. The van der Waals surface area contributed by atoms with E-state index >= 15 is 0 Å². The van der Waals surface area contributed by atoms with Crippen LogP contribution in [-0.4, -0.2) is 69.0 Å². The molecule has 2 aromatic rings. The second-order valence-electron chi connectivity index (χ2n) is 12.1. The minimum absolute atomic E-state index is 0.148. The van der Waals surface area contributed by atoms with Crippen LogP contribution in [0, 0.1) is 17.8 Å². The molecule has 5 aliphatic rings. The molecule has 232 valence electrons. The Balaban J connectivity index is 1.30. The number of aromatic hydroxyl groups is 1. The maximum atomic E-state index is 14.2. The number of fused-ring (bicyclic) bond motifs is 3. The van der Waals surface area contributed by atoms with E-state index in [1.54, 1.807) is 25.1 Å². The number of phenols is 1. The molecule has 2 saturated heterocycles. The first-order valence-electron chi connectivity index (χ1n) is 15.2. The number of carbonyl (C=O) groups excluding carboxylic acids is 4. The van der Waals surface area contributed by atoms with E-state index in [-0.39, 0.29) is 46.9 Å². The molecule has 10 heteroatoms. The van der Waals surface area contributed by atoms with E-state index in [1.165, 1.54) is 31.3 Å². The number of imide groups is 1. The molecule has 3 aliphatic carbocycles. The number of hydrogen-bond acceptors (Lipinski definition) is 9. The molecule has 2 aliphatic heterocycles. The molecule has 2 fully saturated rings. The van der Waals surface area contributed by atoms with Crippen molar-refractivity contribution in [2.45, 2.75) is 25.7 Å². The van der Waals surface area contributed by atoms with Gasteiger partial charge in [-0.15, -0.1) is 0 Å². The van der Waals surface area contributed by atoms with Crippen LogP contribution in [0.25, 0.3) is 0 Å². The van der Waals surface area contributed by atoms with E-state index in [0.717, 1.165) is 24.4 Å². The van der Waals surface area contributed by atoms with E-state index in [4.69, 9.17) is 14.2 Å². The molecule has 45 heavy (non-hydrogen) atoms. The number of carbonyl (C=O) groups is 4. The summed E-state index contributed by atoms with van der Waals surface area (Å²) in [6, 6.07) is 10.5. The highest BCUT2D eigenvalue weighted by Crippen LogP contribution is 2.58. The van der Waals surface area contributed by atoms with E-state index in [1.807, 2.05) is 18.2 Å². The van der Waals surface area contributed by atoms with Gasteiger partial charge in [0.1, 0.15) is 17.2 Å². The van der Waals surface area contributed by atoms with Gasteiger partial charge in [0.05, 0.1) is 45.0 Å². The molecule has 2 heterocycles. The van der Waals surface area contributed by atoms with E-state index < -0.39 is 23.7 Å². The molecule has 10 nitrogen and oxygen atoms in total. The number of nitrogens with zero attached hydrogens (tertiary/aromatic N) is 2. The van der Waals surface area contributed by atoms with Crippen molar-refractivity contribution in [1.82, 2.24) is 0 Å². The number of amides is 2. The minimum Gasteiger partial charge on any atom is -0.507 e. The highest BCUT2D eigenvalue weighted by atomic mass is 16.5. The maximum Gasteiger partial charge on any atom is 0.238 e. The second-order valence-corrected chi connectivity index (χ2v) is 12.1. The Kier molecular flexibility index (Phi) is 7.12. The van der Waals surface area contributed by atoms with Crippen molar-refractivity contribution in [2.75, 3.05) is 50.3 Å². The van der Waals surface area contributed by atoms with E-state index in [0.29, 0.717) is 47.8 Å². The first-order chi connectivity index (χ1) is 21.7. The number of Topliss-reactive ketones (excluding diaryl/α,β-unsaturated/α-hetero) is 1. The van der Waals surface area contributed by atoms with Crippen molar-refractivity contribution >= 4 is 34.8 Å². The molecule has 2 amide bonds. The Morgan fingerprint density at radius 1 is 0.911 bits per heavy atom. The normalized spacial score (nSPS) is 26.3. The molecule has 0 aromatic heterocycles. The number of benzene rings is 2. The fraction of sp³-hybridized carbons (Fsp3) is 0.371. The second kappa shape index (κ2) is 11.0. The Hall–Kier alpha value is -4.70. The first-order valence-corrected chi connectivity index (χ1v) is 15.2. The quantitative estimate of drug-likeness (QED) is 0.305. The average molecular weight is 611 g/mol. The lowest BCUT2D eigenvalue weighted by Gasteiger charge is -2.42. The van der Waals surface area contributed by atoms with Crippen molar-refractivity contribution in [2.24, 2.45) is 17.8 Å². The molecular formula is C35H34N2O8. The van der Waals surface area contributed by atoms with Crippen molar-refractivity contribution in [3.8, 4) is 17.2 Å². The van der Waals surface area contributed by atoms with Crippen LogP contribution < -0.4 is 19.3 Å². The highest BCUT2D eigenvalue weighted by molar-refractivity contribution is 6.25. The van der Waals surface area contributed by atoms with Crippen molar-refractivity contribution < 1.29 is 38.5 Å². The molecule has 0 radical (unpaired) electrons. The predicted molar refractivity (Wildman–Crippen MR) is 165 cm³/mol. The Labute approximate surface area is 260 Å². The number of phenolic OH excluding ortho intramolecular Hbond substituents is 1. The Bertz CT molecular complexity index is 1730. The highest BCUT2D eigenvalue weighted by Gasteiger charge is 2.57. The van der Waals surface area contributed by atoms with Crippen LogP contribution in [0.2, 0.25) is 0 Å². The molecule has 1 N–H and O–H groups in total. The van der Waals surface area contributed by atoms with Crippen LogP contribution in [0.3, 0.4) is 0 Å². The number of hydrogen-bond donors (Lipinski definition) is 1. The summed E-state index contributed by atoms with van der Waals surface area (Å²) in [5, 5.41) is 11.3. The van der Waals surface area contributed by atoms with Crippen LogP contribution in [0.15, 0.2) is 70.8 Å². The summed E-state index contributed by atoms with van der Waals surface area (Å²) in [6.07, 6.45) is 3.70. The zero-order chi connectivity index (χ0) is 31.6. The van der Waals surface area contributed by atoms with Gasteiger partial charge in [0, 0.05) is 59.1 Å². The summed E-state index contributed by atoms with van der Waals surface area (Å²) in [6.45, 7) is 4.43. The van der Waals surface area contributed by atoms with E-state index in [2.05, 4.69) is 4.90 Å². The van der Waals surface area contributed by atoms with Gasteiger partial charge in [-0.05, 0) is 56.0 Å². The lowest BCUT2D eigenvalue weighted by atomic mass is 9.59. The third kappa shape index (κ3) is 4.49. The smallest absolute Gasteiger partial charge is 0.238 e. The van der Waals surface area contributed by atoms with Gasteiger partial charge in [-0.2, -0.15) is 0 Å². The number of ether oxygens (including phenoxy) is 3. The van der Waals surface area contributed by atoms with Gasteiger partial charge in [-0.1, -0.05) is 11.6 Å². The van der Waals surface area contributed by atoms with Crippen LogP contribution in [0.1, 0.15) is 31.2 Å². The lowest BCUT2D eigenvalue weighted by molar-refractivity contribution is -0.123. The number of allylic oxidation sites excluding steroid dienone is 6. The molecule has 0 saturated carbocycles.